The zero-order chi connectivity index (χ0) is 11.1. The Labute approximate surface area is 92.8 Å². The van der Waals surface area contributed by atoms with E-state index in [4.69, 9.17) is 4.74 Å². The molecule has 4 nitrogen and oxygen atoms in total. The van der Waals surface area contributed by atoms with Gasteiger partial charge in [-0.15, -0.1) is 0 Å². The van der Waals surface area contributed by atoms with E-state index in [-0.39, 0.29) is 17.9 Å². The average Bonchev–Trinajstić information content (AvgIpc) is 2.48. The molecule has 0 bridgehead atoms. The van der Waals surface area contributed by atoms with Crippen LogP contribution in [0, 0.1) is 0 Å². The molecule has 82 valence electrons. The molecule has 1 aromatic rings. The summed E-state index contributed by atoms with van der Waals surface area (Å²) in [5.74, 6) is -0.396. The van der Waals surface area contributed by atoms with Crippen LogP contribution in [-0.4, -0.2) is 36.0 Å². The molecule has 0 saturated carbocycles. The van der Waals surface area contributed by atoms with E-state index in [0.717, 1.165) is 13.0 Å². The van der Waals surface area contributed by atoms with E-state index in [0.29, 0.717) is 17.7 Å². The average molecular weight is 217 g/mol. The molecule has 0 aromatic heterocycles. The molecule has 0 N–H and O–H groups in total. The van der Waals surface area contributed by atoms with Crippen LogP contribution in [-0.2, 0) is 4.74 Å². The lowest BCUT2D eigenvalue weighted by Crippen LogP contribution is -2.42. The highest BCUT2D eigenvalue weighted by molar-refractivity contribution is 6.21. The summed E-state index contributed by atoms with van der Waals surface area (Å²) >= 11 is 0. The number of rotatable bonds is 2. The molecular weight excluding hydrogens is 206 g/mol. The quantitative estimate of drug-likeness (QED) is 0.696. The third kappa shape index (κ3) is 1.27. The summed E-state index contributed by atoms with van der Waals surface area (Å²) in [6, 6.07) is 6.93. The molecule has 1 atom stereocenters. The molecule has 2 aliphatic rings. The Kier molecular flexibility index (Phi) is 2.04. The van der Waals surface area contributed by atoms with Crippen molar-refractivity contribution in [3.63, 3.8) is 0 Å². The van der Waals surface area contributed by atoms with E-state index in [1.807, 2.05) is 0 Å². The molecule has 1 saturated heterocycles. The first kappa shape index (κ1) is 9.54. The van der Waals surface area contributed by atoms with Gasteiger partial charge >= 0.3 is 0 Å². The van der Waals surface area contributed by atoms with Crippen molar-refractivity contribution < 1.29 is 14.3 Å². The monoisotopic (exact) mass is 217 g/mol. The lowest BCUT2D eigenvalue weighted by Gasteiger charge is -2.29. The Morgan fingerprint density at radius 2 is 1.75 bits per heavy atom. The van der Waals surface area contributed by atoms with E-state index >= 15 is 0 Å². The Balaban J connectivity index is 1.88. The molecule has 1 aromatic carbocycles. The fraction of sp³-hybridized carbons (Fsp3) is 0.333. The number of fused-ring (bicyclic) bond motifs is 1. The molecule has 0 radical (unpaired) electrons. The number of benzene rings is 1. The minimum Gasteiger partial charge on any atom is -0.376 e. The summed E-state index contributed by atoms with van der Waals surface area (Å²) in [6.07, 6.45) is 0.954. The summed E-state index contributed by atoms with van der Waals surface area (Å²) in [5, 5.41) is 0. The second-order valence-corrected chi connectivity index (χ2v) is 4.05. The van der Waals surface area contributed by atoms with Crippen molar-refractivity contribution in [3.05, 3.63) is 35.4 Å². The number of amides is 2. The number of nitrogens with zero attached hydrogens (tertiary/aromatic N) is 1. The van der Waals surface area contributed by atoms with Crippen LogP contribution in [0.4, 0.5) is 0 Å². The van der Waals surface area contributed by atoms with Crippen molar-refractivity contribution >= 4 is 11.8 Å². The number of carbonyl (C=O) groups excluding carboxylic acids is 2. The normalized spacial score (nSPS) is 23.2. The van der Waals surface area contributed by atoms with Crippen LogP contribution in [0.15, 0.2) is 24.3 Å². The maximum absolute atomic E-state index is 11.9. The van der Waals surface area contributed by atoms with E-state index in [1.54, 1.807) is 24.3 Å². The van der Waals surface area contributed by atoms with Crippen molar-refractivity contribution in [3.8, 4) is 0 Å². The van der Waals surface area contributed by atoms with Gasteiger partial charge in [0.15, 0.2) is 0 Å². The summed E-state index contributed by atoms with van der Waals surface area (Å²) in [4.78, 5) is 25.2. The summed E-state index contributed by atoms with van der Waals surface area (Å²) < 4.78 is 5.24. The van der Waals surface area contributed by atoms with Gasteiger partial charge in [0.2, 0.25) is 0 Å². The first-order valence-electron chi connectivity index (χ1n) is 5.34. The van der Waals surface area contributed by atoms with E-state index in [9.17, 15) is 9.59 Å². The number of hydrogen-bond donors (Lipinski definition) is 0. The molecule has 0 spiro atoms. The fourth-order valence-corrected chi connectivity index (χ4v) is 2.04. The van der Waals surface area contributed by atoms with Crippen molar-refractivity contribution in [2.24, 2.45) is 0 Å². The van der Waals surface area contributed by atoms with Crippen LogP contribution < -0.4 is 0 Å². The Morgan fingerprint density at radius 3 is 2.19 bits per heavy atom. The summed E-state index contributed by atoms with van der Waals surface area (Å²) in [5.41, 5.74) is 1.01. The Hall–Kier alpha value is -1.68. The fourth-order valence-electron chi connectivity index (χ4n) is 2.04. The highest BCUT2D eigenvalue weighted by Gasteiger charge is 2.37. The number of ether oxygens (including phenoxy) is 1. The van der Waals surface area contributed by atoms with Crippen LogP contribution in [0.1, 0.15) is 27.1 Å². The van der Waals surface area contributed by atoms with Gasteiger partial charge in [-0.3, -0.25) is 14.5 Å². The van der Waals surface area contributed by atoms with Crippen LogP contribution in [0.2, 0.25) is 0 Å². The molecule has 16 heavy (non-hydrogen) atoms. The molecule has 3 rings (SSSR count). The second-order valence-electron chi connectivity index (χ2n) is 4.05. The SMILES string of the molecule is O=C1c2ccccc2C(=O)N1C[C@H]1CCO1. The van der Waals surface area contributed by atoms with Gasteiger partial charge in [-0.2, -0.15) is 0 Å². The third-order valence-electron chi connectivity index (χ3n) is 3.06. The van der Waals surface area contributed by atoms with Gasteiger partial charge in [0.25, 0.3) is 11.8 Å². The summed E-state index contributed by atoms with van der Waals surface area (Å²) in [7, 11) is 0. The van der Waals surface area contributed by atoms with Crippen molar-refractivity contribution in [2.75, 3.05) is 13.2 Å². The van der Waals surface area contributed by atoms with Crippen LogP contribution in [0.25, 0.3) is 0 Å². The van der Waals surface area contributed by atoms with E-state index in [1.165, 1.54) is 4.90 Å². The lowest BCUT2D eigenvalue weighted by atomic mass is 10.1. The molecule has 2 amide bonds. The zero-order valence-electron chi connectivity index (χ0n) is 8.68. The maximum Gasteiger partial charge on any atom is 0.261 e. The van der Waals surface area contributed by atoms with Crippen LogP contribution in [0.3, 0.4) is 0 Å². The number of carbonyl (C=O) groups is 2. The topological polar surface area (TPSA) is 46.6 Å². The van der Waals surface area contributed by atoms with Crippen molar-refractivity contribution in [1.29, 1.82) is 0 Å². The van der Waals surface area contributed by atoms with Crippen LogP contribution >= 0.6 is 0 Å². The van der Waals surface area contributed by atoms with E-state index in [2.05, 4.69) is 0 Å². The number of hydrogen-bond acceptors (Lipinski definition) is 3. The predicted octanol–water partition coefficient (Wildman–Crippen LogP) is 1.07. The van der Waals surface area contributed by atoms with Gasteiger partial charge in [-0.1, -0.05) is 12.1 Å². The third-order valence-corrected chi connectivity index (χ3v) is 3.06. The molecule has 0 unspecified atom stereocenters. The molecule has 4 heteroatoms. The Morgan fingerprint density at radius 1 is 1.19 bits per heavy atom. The van der Waals surface area contributed by atoms with Gasteiger partial charge in [0.05, 0.1) is 23.8 Å². The lowest BCUT2D eigenvalue weighted by molar-refractivity contribution is -0.0592. The smallest absolute Gasteiger partial charge is 0.261 e. The first-order valence-corrected chi connectivity index (χ1v) is 5.34. The summed E-state index contributed by atoms with van der Waals surface area (Å²) in [6.45, 7) is 1.11. The minimum absolute atomic E-state index is 0.0298. The molecule has 2 aliphatic heterocycles. The van der Waals surface area contributed by atoms with Gasteiger partial charge in [0, 0.05) is 6.61 Å². The largest absolute Gasteiger partial charge is 0.376 e. The van der Waals surface area contributed by atoms with Gasteiger partial charge in [-0.05, 0) is 18.6 Å². The minimum atomic E-state index is -0.198. The number of imide groups is 1. The second kappa shape index (κ2) is 3.42. The van der Waals surface area contributed by atoms with Gasteiger partial charge < -0.3 is 4.74 Å². The molecular formula is C12H11NO3. The Bertz CT molecular complexity index is 430. The van der Waals surface area contributed by atoms with E-state index < -0.39 is 0 Å². The molecule has 1 fully saturated rings. The van der Waals surface area contributed by atoms with Crippen molar-refractivity contribution in [2.45, 2.75) is 12.5 Å². The highest BCUT2D eigenvalue weighted by atomic mass is 16.5. The van der Waals surface area contributed by atoms with Crippen LogP contribution in [0.5, 0.6) is 0 Å². The maximum atomic E-state index is 11.9. The first-order chi connectivity index (χ1) is 7.77. The standard InChI is InChI=1S/C12H11NO3/c14-11-9-3-1-2-4-10(9)12(15)13(11)7-8-5-6-16-8/h1-4,8H,5-7H2/t8-/m1/s1. The van der Waals surface area contributed by atoms with Gasteiger partial charge in [0.1, 0.15) is 0 Å². The predicted molar refractivity (Wildman–Crippen MR) is 56.2 cm³/mol. The highest BCUT2D eigenvalue weighted by Crippen LogP contribution is 2.24. The van der Waals surface area contributed by atoms with Crippen molar-refractivity contribution in [1.82, 2.24) is 4.90 Å². The molecule has 0 aliphatic carbocycles. The van der Waals surface area contributed by atoms with Gasteiger partial charge in [-0.25, -0.2) is 0 Å². The zero-order valence-corrected chi connectivity index (χ0v) is 8.68. The molecule has 2 heterocycles.